The summed E-state index contributed by atoms with van der Waals surface area (Å²) in [6, 6.07) is 0. The highest BCUT2D eigenvalue weighted by Crippen LogP contribution is 2.33. The van der Waals surface area contributed by atoms with E-state index < -0.39 is 14.9 Å². The topological polar surface area (TPSA) is 78.4 Å². The molecule has 1 rings (SSSR count). The van der Waals surface area contributed by atoms with Gasteiger partial charge in [-0.1, -0.05) is 95.9 Å². The lowest BCUT2D eigenvalue weighted by Crippen LogP contribution is -2.41. The fourth-order valence-electron chi connectivity index (χ4n) is 3.02. The van der Waals surface area contributed by atoms with Gasteiger partial charge in [-0.05, 0) is 19.3 Å². The lowest BCUT2D eigenvalue weighted by Gasteiger charge is -2.31. The zero-order valence-corrected chi connectivity index (χ0v) is 17.3. The van der Waals surface area contributed by atoms with Crippen LogP contribution in [0.4, 0.5) is 0 Å². The van der Waals surface area contributed by atoms with Gasteiger partial charge in [0.2, 0.25) is 0 Å². The molecule has 4 nitrogen and oxygen atoms in total. The van der Waals surface area contributed by atoms with E-state index in [0.29, 0.717) is 6.61 Å². The Balaban J connectivity index is 0.00000576. The van der Waals surface area contributed by atoms with Crippen molar-refractivity contribution >= 4 is 10.1 Å². The first-order valence-corrected chi connectivity index (χ1v) is 11.1. The summed E-state index contributed by atoms with van der Waals surface area (Å²) in [6.45, 7) is 6.20. The monoisotopic (exact) mass is 373 g/mol. The molecule has 5 heteroatoms. The molecule has 1 aliphatic rings. The fourth-order valence-corrected chi connectivity index (χ4v) is 4.39. The molecule has 25 heavy (non-hydrogen) atoms. The Labute approximate surface area is 155 Å². The molecule has 0 saturated heterocycles. The summed E-state index contributed by atoms with van der Waals surface area (Å²) in [4.78, 5) is 0. The largest absolute Gasteiger partial charge is 0.344 e. The summed E-state index contributed by atoms with van der Waals surface area (Å²) in [5.74, 6) is -0.0693. The SMILES string of the molecule is CCCCCCCCCCCCOS(=O)(=O)C1(C)C=CC=CC1C.N. The van der Waals surface area contributed by atoms with Gasteiger partial charge in [-0.15, -0.1) is 0 Å². The Morgan fingerprint density at radius 2 is 1.44 bits per heavy atom. The first-order valence-electron chi connectivity index (χ1n) is 9.69. The average Bonchev–Trinajstić information content (AvgIpc) is 2.55. The second-order valence-corrected chi connectivity index (χ2v) is 9.20. The van der Waals surface area contributed by atoms with Gasteiger partial charge in [-0.2, -0.15) is 8.42 Å². The molecule has 0 fully saturated rings. The van der Waals surface area contributed by atoms with E-state index >= 15 is 0 Å². The minimum Gasteiger partial charge on any atom is -0.344 e. The summed E-state index contributed by atoms with van der Waals surface area (Å²) in [6.07, 6.45) is 19.6. The Morgan fingerprint density at radius 1 is 0.920 bits per heavy atom. The van der Waals surface area contributed by atoms with E-state index in [1.165, 1.54) is 51.4 Å². The molecule has 0 amide bonds. The molecule has 3 N–H and O–H groups in total. The highest BCUT2D eigenvalue weighted by atomic mass is 32.2. The molecular weight excluding hydrogens is 334 g/mol. The van der Waals surface area contributed by atoms with Gasteiger partial charge in [-0.25, -0.2) is 0 Å². The normalized spacial score (nSPS) is 22.8. The zero-order chi connectivity index (χ0) is 17.9. The molecule has 0 aromatic carbocycles. The van der Waals surface area contributed by atoms with Crippen LogP contribution in [0.3, 0.4) is 0 Å². The number of hydrogen-bond donors (Lipinski definition) is 1. The minimum atomic E-state index is -3.58. The zero-order valence-electron chi connectivity index (χ0n) is 16.5. The maximum absolute atomic E-state index is 12.5. The molecule has 0 aliphatic heterocycles. The Bertz CT molecular complexity index is 499. The molecule has 0 aromatic heterocycles. The van der Waals surface area contributed by atoms with Crippen LogP contribution in [0.25, 0.3) is 0 Å². The van der Waals surface area contributed by atoms with Crippen LogP contribution in [0.5, 0.6) is 0 Å². The van der Waals surface area contributed by atoms with Crippen molar-refractivity contribution in [1.82, 2.24) is 6.15 Å². The number of rotatable bonds is 13. The van der Waals surface area contributed by atoms with Gasteiger partial charge in [0.1, 0.15) is 4.75 Å². The number of unbranched alkanes of at least 4 members (excludes halogenated alkanes) is 9. The van der Waals surface area contributed by atoms with Gasteiger partial charge in [0.25, 0.3) is 10.1 Å². The van der Waals surface area contributed by atoms with Crippen molar-refractivity contribution < 1.29 is 12.6 Å². The molecular formula is C20H39NO3S. The molecule has 2 unspecified atom stereocenters. The van der Waals surface area contributed by atoms with Crippen LogP contribution in [0, 0.1) is 5.92 Å². The summed E-state index contributed by atoms with van der Waals surface area (Å²) in [7, 11) is -3.58. The molecule has 0 heterocycles. The van der Waals surface area contributed by atoms with Crippen molar-refractivity contribution in [3.63, 3.8) is 0 Å². The Kier molecular flexibility index (Phi) is 12.3. The summed E-state index contributed by atoms with van der Waals surface area (Å²) < 4.78 is 29.3. The molecule has 0 aromatic rings. The van der Waals surface area contributed by atoms with Crippen LogP contribution in [-0.4, -0.2) is 19.8 Å². The minimum absolute atomic E-state index is 0. The van der Waals surface area contributed by atoms with E-state index in [2.05, 4.69) is 6.92 Å². The highest BCUT2D eigenvalue weighted by Gasteiger charge is 2.42. The Morgan fingerprint density at radius 3 is 1.96 bits per heavy atom. The first-order chi connectivity index (χ1) is 11.4. The van der Waals surface area contributed by atoms with Crippen LogP contribution < -0.4 is 6.15 Å². The van der Waals surface area contributed by atoms with Crippen molar-refractivity contribution in [2.24, 2.45) is 5.92 Å². The number of hydrogen-bond acceptors (Lipinski definition) is 4. The smallest absolute Gasteiger partial charge is 0.277 e. The fraction of sp³-hybridized carbons (Fsp3) is 0.800. The maximum Gasteiger partial charge on any atom is 0.277 e. The van der Waals surface area contributed by atoms with Crippen LogP contribution >= 0.6 is 0 Å². The molecule has 0 radical (unpaired) electrons. The predicted molar refractivity (Wildman–Crippen MR) is 108 cm³/mol. The van der Waals surface area contributed by atoms with E-state index in [4.69, 9.17) is 4.18 Å². The van der Waals surface area contributed by atoms with Gasteiger partial charge in [0.05, 0.1) is 6.61 Å². The highest BCUT2D eigenvalue weighted by molar-refractivity contribution is 7.88. The van der Waals surface area contributed by atoms with Crippen molar-refractivity contribution in [2.75, 3.05) is 6.61 Å². The summed E-state index contributed by atoms with van der Waals surface area (Å²) in [5.41, 5.74) is 0. The van der Waals surface area contributed by atoms with E-state index in [9.17, 15) is 8.42 Å². The van der Waals surface area contributed by atoms with Gasteiger partial charge in [0, 0.05) is 0 Å². The third kappa shape index (κ3) is 8.06. The van der Waals surface area contributed by atoms with Gasteiger partial charge in [0.15, 0.2) is 0 Å². The second kappa shape index (κ2) is 12.7. The van der Waals surface area contributed by atoms with Crippen molar-refractivity contribution in [1.29, 1.82) is 0 Å². The lowest BCUT2D eigenvalue weighted by molar-refractivity contribution is 0.288. The molecule has 0 spiro atoms. The average molecular weight is 374 g/mol. The van der Waals surface area contributed by atoms with E-state index in [-0.39, 0.29) is 12.1 Å². The predicted octanol–water partition coefficient (Wildman–Crippen LogP) is 5.94. The molecule has 0 bridgehead atoms. The standard InChI is InChI=1S/C20H36O3S.H3N/c1-4-5-6-7-8-9-10-11-12-15-18-23-24(21,22)20(3)17-14-13-16-19(20)2;/h13-14,16-17,19H,4-12,15,18H2,1-3H3;1H3. The number of allylic oxidation sites excluding steroid dienone is 3. The third-order valence-electron chi connectivity index (χ3n) is 5.12. The van der Waals surface area contributed by atoms with E-state index in [0.717, 1.165) is 12.8 Å². The lowest BCUT2D eigenvalue weighted by atomic mass is 9.91. The summed E-state index contributed by atoms with van der Waals surface area (Å²) in [5, 5.41) is 0. The van der Waals surface area contributed by atoms with Crippen molar-refractivity contribution in [2.45, 2.75) is 89.7 Å². The van der Waals surface area contributed by atoms with Crippen molar-refractivity contribution in [3.8, 4) is 0 Å². The molecule has 148 valence electrons. The van der Waals surface area contributed by atoms with E-state index in [1.54, 1.807) is 19.1 Å². The van der Waals surface area contributed by atoms with Crippen LogP contribution in [0.15, 0.2) is 24.3 Å². The Hall–Kier alpha value is -0.650. The third-order valence-corrected chi connectivity index (χ3v) is 7.18. The first kappa shape index (κ1) is 24.4. The van der Waals surface area contributed by atoms with Gasteiger partial charge >= 0.3 is 0 Å². The summed E-state index contributed by atoms with van der Waals surface area (Å²) >= 11 is 0. The quantitative estimate of drug-likeness (QED) is 0.320. The molecule has 0 saturated carbocycles. The maximum atomic E-state index is 12.5. The molecule has 2 atom stereocenters. The molecule has 1 aliphatic carbocycles. The van der Waals surface area contributed by atoms with Crippen LogP contribution in [0.1, 0.15) is 85.0 Å². The van der Waals surface area contributed by atoms with Crippen molar-refractivity contribution in [3.05, 3.63) is 24.3 Å². The van der Waals surface area contributed by atoms with Crippen LogP contribution in [-0.2, 0) is 14.3 Å². The van der Waals surface area contributed by atoms with Crippen LogP contribution in [0.2, 0.25) is 0 Å². The van der Waals surface area contributed by atoms with Gasteiger partial charge in [-0.3, -0.25) is 4.18 Å². The van der Waals surface area contributed by atoms with E-state index in [1.807, 2.05) is 19.1 Å². The second-order valence-electron chi connectivity index (χ2n) is 7.17. The van der Waals surface area contributed by atoms with Gasteiger partial charge < -0.3 is 6.15 Å².